The van der Waals surface area contributed by atoms with Gasteiger partial charge < -0.3 is 10.2 Å². The van der Waals surface area contributed by atoms with Crippen LogP contribution in [0.1, 0.15) is 33.6 Å². The van der Waals surface area contributed by atoms with Gasteiger partial charge in [0.2, 0.25) is 5.91 Å². The van der Waals surface area contributed by atoms with Crippen LogP contribution >= 0.6 is 0 Å². The van der Waals surface area contributed by atoms with Gasteiger partial charge in [-0.1, -0.05) is 20.8 Å². The predicted octanol–water partition coefficient (Wildman–Crippen LogP) is 1.49. The summed E-state index contributed by atoms with van der Waals surface area (Å²) in [5.41, 5.74) is 0. The molecule has 3 unspecified atom stereocenters. The zero-order chi connectivity index (χ0) is 11.7. The second kappa shape index (κ2) is 4.74. The number of carbonyl (C=O) groups is 1. The van der Waals surface area contributed by atoms with E-state index in [2.05, 4.69) is 31.0 Å². The highest BCUT2D eigenvalue weighted by atomic mass is 16.2. The van der Waals surface area contributed by atoms with Crippen LogP contribution in [-0.4, -0.2) is 36.5 Å². The molecular formula is C13H24N2O. The zero-order valence-electron chi connectivity index (χ0n) is 10.7. The number of nitrogens with zero attached hydrogens (tertiary/aromatic N) is 1. The van der Waals surface area contributed by atoms with Gasteiger partial charge in [0, 0.05) is 32.1 Å². The first-order chi connectivity index (χ1) is 7.63. The molecule has 16 heavy (non-hydrogen) atoms. The number of nitrogens with one attached hydrogen (secondary N) is 1. The van der Waals surface area contributed by atoms with Gasteiger partial charge in [-0.25, -0.2) is 0 Å². The monoisotopic (exact) mass is 224 g/mol. The van der Waals surface area contributed by atoms with E-state index in [1.807, 2.05) is 0 Å². The van der Waals surface area contributed by atoms with Crippen molar-refractivity contribution < 1.29 is 4.79 Å². The zero-order valence-corrected chi connectivity index (χ0v) is 10.7. The number of fused-ring (bicyclic) bond motifs is 1. The van der Waals surface area contributed by atoms with Crippen molar-refractivity contribution in [3.8, 4) is 0 Å². The van der Waals surface area contributed by atoms with E-state index in [1.54, 1.807) is 0 Å². The third-order valence-corrected chi connectivity index (χ3v) is 4.04. The van der Waals surface area contributed by atoms with E-state index < -0.39 is 0 Å². The Morgan fingerprint density at radius 2 is 2.19 bits per heavy atom. The summed E-state index contributed by atoms with van der Waals surface area (Å²) in [5, 5.41) is 3.45. The van der Waals surface area contributed by atoms with Gasteiger partial charge in [-0.05, 0) is 24.2 Å². The molecule has 0 spiro atoms. The Balaban J connectivity index is 2.02. The lowest BCUT2D eigenvalue weighted by Gasteiger charge is -2.27. The summed E-state index contributed by atoms with van der Waals surface area (Å²) in [7, 11) is 0. The summed E-state index contributed by atoms with van der Waals surface area (Å²) in [5.74, 6) is 2.27. The van der Waals surface area contributed by atoms with Crippen LogP contribution in [0.4, 0.5) is 0 Å². The Morgan fingerprint density at radius 3 is 2.81 bits per heavy atom. The lowest BCUT2D eigenvalue weighted by atomic mass is 9.93. The van der Waals surface area contributed by atoms with Crippen molar-refractivity contribution in [2.45, 2.75) is 39.7 Å². The van der Waals surface area contributed by atoms with Crippen LogP contribution in [0.2, 0.25) is 0 Å². The lowest BCUT2D eigenvalue weighted by molar-refractivity contribution is -0.133. The molecule has 0 aliphatic carbocycles. The second-order valence-electron chi connectivity index (χ2n) is 5.70. The van der Waals surface area contributed by atoms with E-state index in [0.717, 1.165) is 26.1 Å². The van der Waals surface area contributed by atoms with E-state index in [-0.39, 0.29) is 0 Å². The maximum absolute atomic E-state index is 12.2. The van der Waals surface area contributed by atoms with Gasteiger partial charge in [0.1, 0.15) is 0 Å². The number of hydrogen-bond donors (Lipinski definition) is 1. The Hall–Kier alpha value is -0.570. The Labute approximate surface area is 98.6 Å². The number of rotatable bonds is 3. The first kappa shape index (κ1) is 11.9. The molecule has 2 saturated heterocycles. The average molecular weight is 224 g/mol. The molecule has 0 radical (unpaired) electrons. The normalized spacial score (nSPS) is 33.5. The maximum atomic E-state index is 12.2. The van der Waals surface area contributed by atoms with Crippen LogP contribution in [-0.2, 0) is 4.79 Å². The number of hydrogen-bond acceptors (Lipinski definition) is 2. The summed E-state index contributed by atoms with van der Waals surface area (Å²) < 4.78 is 0. The van der Waals surface area contributed by atoms with Crippen LogP contribution in [0.5, 0.6) is 0 Å². The van der Waals surface area contributed by atoms with Crippen molar-refractivity contribution in [2.24, 2.45) is 17.8 Å². The number of amides is 1. The fourth-order valence-corrected chi connectivity index (χ4v) is 3.30. The number of carbonyl (C=O) groups excluding carboxylic acids is 1. The van der Waals surface area contributed by atoms with Crippen LogP contribution in [0, 0.1) is 17.8 Å². The molecule has 0 aromatic carbocycles. The van der Waals surface area contributed by atoms with E-state index in [1.165, 1.54) is 0 Å². The van der Waals surface area contributed by atoms with Gasteiger partial charge in [-0.2, -0.15) is 0 Å². The quantitative estimate of drug-likeness (QED) is 0.787. The van der Waals surface area contributed by atoms with Crippen LogP contribution in [0.15, 0.2) is 0 Å². The van der Waals surface area contributed by atoms with Gasteiger partial charge >= 0.3 is 0 Å². The molecule has 1 N–H and O–H groups in total. The number of likely N-dealkylation sites (tertiary alicyclic amines) is 1. The van der Waals surface area contributed by atoms with Crippen LogP contribution < -0.4 is 5.32 Å². The molecule has 2 aliphatic rings. The van der Waals surface area contributed by atoms with Crippen LogP contribution in [0.3, 0.4) is 0 Å². The smallest absolute Gasteiger partial charge is 0.223 e. The van der Waals surface area contributed by atoms with E-state index in [4.69, 9.17) is 0 Å². The third-order valence-electron chi connectivity index (χ3n) is 4.04. The van der Waals surface area contributed by atoms with Gasteiger partial charge in [-0.15, -0.1) is 0 Å². The molecule has 0 aromatic heterocycles. The highest BCUT2D eigenvalue weighted by Crippen LogP contribution is 2.34. The second-order valence-corrected chi connectivity index (χ2v) is 5.70. The Kier molecular flexibility index (Phi) is 3.53. The van der Waals surface area contributed by atoms with Crippen LogP contribution in [0.25, 0.3) is 0 Å². The molecular weight excluding hydrogens is 200 g/mol. The van der Waals surface area contributed by atoms with Crippen molar-refractivity contribution in [1.82, 2.24) is 10.2 Å². The molecule has 3 atom stereocenters. The fraction of sp³-hybridized carbons (Fsp3) is 0.923. The minimum atomic E-state index is 0.372. The fourth-order valence-electron chi connectivity index (χ4n) is 3.30. The predicted molar refractivity (Wildman–Crippen MR) is 65.1 cm³/mol. The van der Waals surface area contributed by atoms with Gasteiger partial charge in [-0.3, -0.25) is 4.79 Å². The first-order valence-electron chi connectivity index (χ1n) is 6.63. The molecule has 0 aromatic rings. The lowest BCUT2D eigenvalue weighted by Crippen LogP contribution is -2.40. The Bertz CT molecular complexity index is 265. The van der Waals surface area contributed by atoms with E-state index >= 15 is 0 Å². The molecule has 2 aliphatic heterocycles. The summed E-state index contributed by atoms with van der Waals surface area (Å²) in [6, 6.07) is 0.492. The van der Waals surface area contributed by atoms with E-state index in [0.29, 0.717) is 36.1 Å². The molecule has 3 heteroatoms. The molecule has 2 heterocycles. The average Bonchev–Trinajstić information content (AvgIpc) is 2.74. The van der Waals surface area contributed by atoms with Crippen molar-refractivity contribution in [3.63, 3.8) is 0 Å². The molecule has 3 nitrogen and oxygen atoms in total. The summed E-state index contributed by atoms with van der Waals surface area (Å²) in [6.45, 7) is 9.65. The largest absolute Gasteiger partial charge is 0.339 e. The molecule has 2 fully saturated rings. The minimum Gasteiger partial charge on any atom is -0.339 e. The van der Waals surface area contributed by atoms with Crippen molar-refractivity contribution in [1.29, 1.82) is 0 Å². The van der Waals surface area contributed by atoms with Crippen molar-refractivity contribution in [3.05, 3.63) is 0 Å². The standard InChI is InChI=1S/C13H24N2O/c1-4-12-11-7-14-6-10(11)8-15(12)13(16)5-9(2)3/h9-12,14H,4-8H2,1-3H3. The molecule has 92 valence electrons. The van der Waals surface area contributed by atoms with Crippen molar-refractivity contribution >= 4 is 5.91 Å². The minimum absolute atomic E-state index is 0.372. The summed E-state index contributed by atoms with van der Waals surface area (Å²) in [4.78, 5) is 14.3. The first-order valence-corrected chi connectivity index (χ1v) is 6.63. The maximum Gasteiger partial charge on any atom is 0.223 e. The SMILES string of the molecule is CCC1C2CNCC2CN1C(=O)CC(C)C. The topological polar surface area (TPSA) is 32.3 Å². The highest BCUT2D eigenvalue weighted by molar-refractivity contribution is 5.77. The van der Waals surface area contributed by atoms with Gasteiger partial charge in [0.15, 0.2) is 0 Å². The van der Waals surface area contributed by atoms with Gasteiger partial charge in [0.25, 0.3) is 0 Å². The molecule has 1 amide bonds. The van der Waals surface area contributed by atoms with E-state index in [9.17, 15) is 4.79 Å². The summed E-state index contributed by atoms with van der Waals surface area (Å²) in [6.07, 6.45) is 1.82. The molecule has 2 rings (SSSR count). The Morgan fingerprint density at radius 1 is 1.44 bits per heavy atom. The highest BCUT2D eigenvalue weighted by Gasteiger charge is 2.44. The molecule has 0 bridgehead atoms. The third kappa shape index (κ3) is 2.10. The van der Waals surface area contributed by atoms with Crippen molar-refractivity contribution in [2.75, 3.05) is 19.6 Å². The summed E-state index contributed by atoms with van der Waals surface area (Å²) >= 11 is 0. The molecule has 0 saturated carbocycles. The van der Waals surface area contributed by atoms with Gasteiger partial charge in [0.05, 0.1) is 0 Å².